The zero-order chi connectivity index (χ0) is 19.8. The predicted molar refractivity (Wildman–Crippen MR) is 98.9 cm³/mol. The molecule has 1 aliphatic rings. The molecular formula is C21H21F2NO3. The minimum atomic E-state index is -0.783. The second kappa shape index (κ2) is 9.62. The van der Waals surface area contributed by atoms with E-state index in [0.717, 1.165) is 28.7 Å². The molecule has 1 atom stereocenters. The lowest BCUT2D eigenvalue weighted by molar-refractivity contribution is -0.124. The van der Waals surface area contributed by atoms with Crippen LogP contribution in [-0.2, 0) is 16.0 Å². The van der Waals surface area contributed by atoms with Crippen LogP contribution < -0.4 is 0 Å². The summed E-state index contributed by atoms with van der Waals surface area (Å²) >= 11 is 0. The van der Waals surface area contributed by atoms with Crippen LogP contribution in [0.25, 0.3) is 6.08 Å². The van der Waals surface area contributed by atoms with Crippen molar-refractivity contribution in [3.63, 3.8) is 0 Å². The second-order valence-corrected chi connectivity index (χ2v) is 5.63. The molecule has 142 valence electrons. The first-order valence-corrected chi connectivity index (χ1v) is 8.71. The first kappa shape index (κ1) is 20.3. The topological polar surface area (TPSA) is 46.6 Å². The fourth-order valence-electron chi connectivity index (χ4n) is 2.64. The van der Waals surface area contributed by atoms with Gasteiger partial charge in [-0.25, -0.2) is 18.5 Å². The van der Waals surface area contributed by atoms with E-state index in [1.54, 1.807) is 0 Å². The van der Waals surface area contributed by atoms with Gasteiger partial charge < -0.3 is 4.74 Å². The number of carbonyl (C=O) groups is 2. The highest BCUT2D eigenvalue weighted by molar-refractivity contribution is 6.02. The Hall–Kier alpha value is -3.02. The standard InChI is InChI=1S/C19H15F2NO3.C2H6/c20-15-8-6-14(17(21)11-15)7-9-18(23)22-16(12-25-19(22)24)10-13-4-2-1-3-5-13;1-2/h1-9,11,16H,10,12H2;1-2H3/b9-7+;. The molecule has 0 saturated carbocycles. The average molecular weight is 373 g/mol. The van der Waals surface area contributed by atoms with Crippen LogP contribution in [0, 0.1) is 11.6 Å². The van der Waals surface area contributed by atoms with Gasteiger partial charge in [0.1, 0.15) is 18.2 Å². The highest BCUT2D eigenvalue weighted by Gasteiger charge is 2.36. The predicted octanol–water partition coefficient (Wildman–Crippen LogP) is 4.59. The summed E-state index contributed by atoms with van der Waals surface area (Å²) in [5.41, 5.74) is 1.03. The van der Waals surface area contributed by atoms with Crippen LogP contribution in [0.2, 0.25) is 0 Å². The van der Waals surface area contributed by atoms with Crippen molar-refractivity contribution in [1.82, 2.24) is 4.90 Å². The largest absolute Gasteiger partial charge is 0.447 e. The summed E-state index contributed by atoms with van der Waals surface area (Å²) in [5.74, 6) is -2.09. The van der Waals surface area contributed by atoms with E-state index in [-0.39, 0.29) is 12.2 Å². The molecule has 1 unspecified atom stereocenters. The van der Waals surface area contributed by atoms with E-state index in [1.807, 2.05) is 44.2 Å². The third-order valence-corrected chi connectivity index (χ3v) is 3.88. The lowest BCUT2D eigenvalue weighted by Gasteiger charge is -2.18. The van der Waals surface area contributed by atoms with E-state index in [1.165, 1.54) is 12.1 Å². The van der Waals surface area contributed by atoms with Crippen LogP contribution >= 0.6 is 0 Å². The van der Waals surface area contributed by atoms with Crippen LogP contribution in [0.15, 0.2) is 54.6 Å². The smallest absolute Gasteiger partial charge is 0.417 e. The third kappa shape index (κ3) is 5.23. The number of benzene rings is 2. The molecule has 6 heteroatoms. The first-order valence-electron chi connectivity index (χ1n) is 8.71. The summed E-state index contributed by atoms with van der Waals surface area (Å²) in [6, 6.07) is 12.0. The molecule has 4 nitrogen and oxygen atoms in total. The van der Waals surface area contributed by atoms with Crippen molar-refractivity contribution in [1.29, 1.82) is 0 Å². The van der Waals surface area contributed by atoms with Gasteiger partial charge in [0.05, 0.1) is 6.04 Å². The van der Waals surface area contributed by atoms with Crippen molar-refractivity contribution < 1.29 is 23.1 Å². The van der Waals surface area contributed by atoms with Gasteiger partial charge in [-0.2, -0.15) is 0 Å². The maximum Gasteiger partial charge on any atom is 0.417 e. The highest BCUT2D eigenvalue weighted by atomic mass is 19.1. The molecule has 0 bridgehead atoms. The molecule has 0 aromatic heterocycles. The van der Waals surface area contributed by atoms with Gasteiger partial charge in [0.15, 0.2) is 0 Å². The normalized spacial score (nSPS) is 16.1. The van der Waals surface area contributed by atoms with Crippen LogP contribution in [0.1, 0.15) is 25.0 Å². The van der Waals surface area contributed by atoms with E-state index in [2.05, 4.69) is 0 Å². The van der Waals surface area contributed by atoms with Crippen LogP contribution in [0.5, 0.6) is 0 Å². The van der Waals surface area contributed by atoms with Crippen LogP contribution in [0.4, 0.5) is 13.6 Å². The number of amides is 2. The van der Waals surface area contributed by atoms with E-state index >= 15 is 0 Å². The fraction of sp³-hybridized carbons (Fsp3) is 0.238. The van der Waals surface area contributed by atoms with E-state index in [9.17, 15) is 18.4 Å². The summed E-state index contributed by atoms with van der Waals surface area (Å²) in [6.07, 6.45) is 2.04. The molecule has 0 N–H and O–H groups in total. The molecule has 1 aliphatic heterocycles. The van der Waals surface area contributed by atoms with Crippen LogP contribution in [0.3, 0.4) is 0 Å². The number of cyclic esters (lactones) is 1. The third-order valence-electron chi connectivity index (χ3n) is 3.88. The molecule has 27 heavy (non-hydrogen) atoms. The number of ether oxygens (including phenoxy) is 1. The minimum Gasteiger partial charge on any atom is -0.447 e. The maximum absolute atomic E-state index is 13.6. The Bertz CT molecular complexity index is 821. The molecule has 0 aliphatic carbocycles. The quantitative estimate of drug-likeness (QED) is 0.736. The molecule has 2 amide bonds. The average Bonchev–Trinajstić information content (AvgIpc) is 3.03. The van der Waals surface area contributed by atoms with Crippen molar-refractivity contribution in [3.05, 3.63) is 77.4 Å². The molecule has 1 saturated heterocycles. The molecule has 1 fully saturated rings. The molecule has 1 heterocycles. The summed E-state index contributed by atoms with van der Waals surface area (Å²) < 4.78 is 31.5. The first-order chi connectivity index (χ1) is 13.0. The van der Waals surface area contributed by atoms with Gasteiger partial charge in [-0.3, -0.25) is 4.79 Å². The Morgan fingerprint density at radius 3 is 2.56 bits per heavy atom. The Balaban J connectivity index is 0.00000126. The molecule has 0 spiro atoms. The van der Waals surface area contributed by atoms with Gasteiger partial charge >= 0.3 is 6.09 Å². The van der Waals surface area contributed by atoms with Gasteiger partial charge in [-0.15, -0.1) is 0 Å². The zero-order valence-electron chi connectivity index (χ0n) is 15.2. The lowest BCUT2D eigenvalue weighted by Crippen LogP contribution is -2.39. The molecule has 2 aromatic carbocycles. The minimum absolute atomic E-state index is 0.0573. The Morgan fingerprint density at radius 1 is 1.19 bits per heavy atom. The number of nitrogens with zero attached hydrogens (tertiary/aromatic N) is 1. The second-order valence-electron chi connectivity index (χ2n) is 5.63. The lowest BCUT2D eigenvalue weighted by atomic mass is 10.1. The highest BCUT2D eigenvalue weighted by Crippen LogP contribution is 2.19. The summed E-state index contributed by atoms with van der Waals surface area (Å²) in [5, 5.41) is 0. The van der Waals surface area contributed by atoms with Crippen molar-refractivity contribution in [2.24, 2.45) is 0 Å². The Morgan fingerprint density at radius 2 is 1.89 bits per heavy atom. The summed E-state index contributed by atoms with van der Waals surface area (Å²) in [4.78, 5) is 25.2. The van der Waals surface area contributed by atoms with Gasteiger partial charge in [0, 0.05) is 17.7 Å². The SMILES string of the molecule is CC.O=C(/C=C/c1ccc(F)cc1F)N1C(=O)OCC1Cc1ccccc1. The summed E-state index contributed by atoms with van der Waals surface area (Å²) in [6.45, 7) is 4.11. The van der Waals surface area contributed by atoms with Gasteiger partial charge in [0.25, 0.3) is 5.91 Å². The number of imide groups is 1. The number of rotatable bonds is 4. The Labute approximate surface area is 157 Å². The Kier molecular flexibility index (Phi) is 7.23. The van der Waals surface area contributed by atoms with E-state index in [4.69, 9.17) is 4.74 Å². The van der Waals surface area contributed by atoms with Gasteiger partial charge in [0.2, 0.25) is 0 Å². The molecule has 2 aromatic rings. The van der Waals surface area contributed by atoms with Crippen molar-refractivity contribution in [2.75, 3.05) is 6.61 Å². The number of hydrogen-bond donors (Lipinski definition) is 0. The monoisotopic (exact) mass is 373 g/mol. The number of hydrogen-bond acceptors (Lipinski definition) is 3. The molecular weight excluding hydrogens is 352 g/mol. The van der Waals surface area contributed by atoms with E-state index in [0.29, 0.717) is 6.42 Å². The van der Waals surface area contributed by atoms with Crippen molar-refractivity contribution in [2.45, 2.75) is 26.3 Å². The molecule has 3 rings (SSSR count). The van der Waals surface area contributed by atoms with Crippen LogP contribution in [-0.4, -0.2) is 29.5 Å². The van der Waals surface area contributed by atoms with Gasteiger partial charge in [-0.05, 0) is 30.2 Å². The van der Waals surface area contributed by atoms with Crippen molar-refractivity contribution in [3.8, 4) is 0 Å². The number of carbonyl (C=O) groups excluding carboxylic acids is 2. The van der Waals surface area contributed by atoms with Gasteiger partial charge in [-0.1, -0.05) is 44.2 Å². The molecule has 0 radical (unpaired) electrons. The zero-order valence-corrected chi connectivity index (χ0v) is 15.2. The maximum atomic E-state index is 13.6. The fourth-order valence-corrected chi connectivity index (χ4v) is 2.64. The number of halogens is 2. The van der Waals surface area contributed by atoms with E-state index < -0.39 is 29.7 Å². The summed E-state index contributed by atoms with van der Waals surface area (Å²) in [7, 11) is 0. The van der Waals surface area contributed by atoms with Crippen molar-refractivity contribution >= 4 is 18.1 Å².